The van der Waals surface area contributed by atoms with Crippen molar-refractivity contribution in [3.8, 4) is 35.9 Å². The summed E-state index contributed by atoms with van der Waals surface area (Å²) in [5.74, 6) is 3.26. The Labute approximate surface area is 291 Å². The predicted molar refractivity (Wildman–Crippen MR) is 206 cm³/mol. The highest BCUT2D eigenvalue weighted by Crippen LogP contribution is 2.42. The zero-order chi connectivity index (χ0) is 34.4. The van der Waals surface area contributed by atoms with Crippen LogP contribution >= 0.6 is 0 Å². The third-order valence-electron chi connectivity index (χ3n) is 9.87. The van der Waals surface area contributed by atoms with Crippen molar-refractivity contribution < 1.29 is 0 Å². The van der Waals surface area contributed by atoms with E-state index in [-0.39, 0.29) is 0 Å². The van der Waals surface area contributed by atoms with Gasteiger partial charge < -0.3 is 9.13 Å². The standard InChI is InChI=1S/C46H32N4/c1-4-14-33(32(5-2)35-16-6-9-20-40(35)49-41-21-10-7-17-36(41)38-27-30(3)25-26-44(38)49)34-19-13-23-43(39(34)29-48)50-42-22-11-8-18-37(42)46-31(28-47)15-12-24-45(46)50/h1,5-26,30H,27H2,2-3H3/b32-5+,33-14+. The number of benzene rings is 5. The lowest BCUT2D eigenvalue weighted by molar-refractivity contribution is 0.717. The number of hydrogen-bond donors (Lipinski definition) is 0. The van der Waals surface area contributed by atoms with Crippen molar-refractivity contribution in [1.82, 2.24) is 9.13 Å². The topological polar surface area (TPSA) is 57.4 Å². The fourth-order valence-electron chi connectivity index (χ4n) is 7.80. The number of fused-ring (bicyclic) bond motifs is 6. The molecule has 2 aromatic heterocycles. The van der Waals surface area contributed by atoms with Crippen molar-refractivity contribution in [3.63, 3.8) is 0 Å². The van der Waals surface area contributed by atoms with Crippen LogP contribution in [0.2, 0.25) is 0 Å². The Morgan fingerprint density at radius 3 is 2.14 bits per heavy atom. The number of rotatable bonds is 5. The van der Waals surface area contributed by atoms with Gasteiger partial charge in [-0.25, -0.2) is 0 Å². The van der Waals surface area contributed by atoms with Crippen LogP contribution in [0, 0.1) is 40.9 Å². The van der Waals surface area contributed by atoms with E-state index in [0.29, 0.717) is 17.0 Å². The second kappa shape index (κ2) is 12.3. The summed E-state index contributed by atoms with van der Waals surface area (Å²) in [6.45, 7) is 4.28. The van der Waals surface area contributed by atoms with Gasteiger partial charge in [0.05, 0.1) is 45.1 Å². The third kappa shape index (κ3) is 4.61. The highest BCUT2D eigenvalue weighted by Gasteiger charge is 2.25. The van der Waals surface area contributed by atoms with Crippen LogP contribution in [0.25, 0.3) is 61.3 Å². The summed E-state index contributed by atoms with van der Waals surface area (Å²) in [5, 5.41) is 24.1. The molecule has 0 N–H and O–H groups in total. The number of hydrogen-bond acceptors (Lipinski definition) is 2. The summed E-state index contributed by atoms with van der Waals surface area (Å²) >= 11 is 0. The van der Waals surface area contributed by atoms with Crippen LogP contribution in [0.1, 0.15) is 47.4 Å². The molecule has 1 atom stereocenters. The van der Waals surface area contributed by atoms with E-state index in [4.69, 9.17) is 6.42 Å². The molecule has 0 aliphatic heterocycles. The van der Waals surface area contributed by atoms with Gasteiger partial charge in [0.1, 0.15) is 6.07 Å². The Morgan fingerprint density at radius 1 is 0.720 bits per heavy atom. The van der Waals surface area contributed by atoms with Gasteiger partial charge in [-0.1, -0.05) is 97.8 Å². The second-order valence-electron chi connectivity index (χ2n) is 12.7. The summed E-state index contributed by atoms with van der Waals surface area (Å²) in [5.41, 5.74) is 11.8. The zero-order valence-corrected chi connectivity index (χ0v) is 27.9. The fourth-order valence-corrected chi connectivity index (χ4v) is 7.80. The molecule has 0 bridgehead atoms. The molecule has 0 saturated carbocycles. The first-order valence-corrected chi connectivity index (χ1v) is 16.8. The van der Waals surface area contributed by atoms with E-state index in [1.54, 1.807) is 6.08 Å². The van der Waals surface area contributed by atoms with Crippen LogP contribution < -0.4 is 0 Å². The van der Waals surface area contributed by atoms with Gasteiger partial charge >= 0.3 is 0 Å². The van der Waals surface area contributed by atoms with Crippen LogP contribution in [0.3, 0.4) is 0 Å². The average molecular weight is 641 g/mol. The molecule has 5 aromatic carbocycles. The van der Waals surface area contributed by atoms with Crippen molar-refractivity contribution in [2.75, 3.05) is 0 Å². The molecule has 1 aliphatic rings. The molecule has 4 nitrogen and oxygen atoms in total. The maximum atomic E-state index is 10.9. The third-order valence-corrected chi connectivity index (χ3v) is 9.87. The molecule has 4 heteroatoms. The lowest BCUT2D eigenvalue weighted by Gasteiger charge is -2.21. The Bertz CT molecular complexity index is 2740. The highest BCUT2D eigenvalue weighted by atomic mass is 15.0. The van der Waals surface area contributed by atoms with Gasteiger partial charge in [0.15, 0.2) is 0 Å². The van der Waals surface area contributed by atoms with Crippen molar-refractivity contribution >= 4 is 49.9 Å². The maximum Gasteiger partial charge on any atom is 0.102 e. The second-order valence-corrected chi connectivity index (χ2v) is 12.7. The molecule has 50 heavy (non-hydrogen) atoms. The van der Waals surface area contributed by atoms with E-state index >= 15 is 0 Å². The monoisotopic (exact) mass is 640 g/mol. The Balaban J connectivity index is 1.36. The van der Waals surface area contributed by atoms with Crippen molar-refractivity contribution in [2.45, 2.75) is 20.3 Å². The molecule has 2 heterocycles. The van der Waals surface area contributed by atoms with Crippen molar-refractivity contribution in [2.24, 2.45) is 5.92 Å². The average Bonchev–Trinajstić information content (AvgIpc) is 3.67. The molecule has 1 unspecified atom stereocenters. The van der Waals surface area contributed by atoms with E-state index in [1.165, 1.54) is 16.6 Å². The first kappa shape index (κ1) is 30.5. The largest absolute Gasteiger partial charge is 0.309 e. The summed E-state index contributed by atoms with van der Waals surface area (Å²) in [6.07, 6.45) is 15.5. The zero-order valence-electron chi connectivity index (χ0n) is 27.9. The lowest BCUT2D eigenvalue weighted by Crippen LogP contribution is -2.07. The quantitative estimate of drug-likeness (QED) is 0.139. The summed E-state index contributed by atoms with van der Waals surface area (Å²) < 4.78 is 4.46. The molecule has 236 valence electrons. The van der Waals surface area contributed by atoms with Crippen LogP contribution in [0.5, 0.6) is 0 Å². The van der Waals surface area contributed by atoms with Gasteiger partial charge in [-0.2, -0.15) is 10.5 Å². The normalized spacial score (nSPS) is 14.4. The highest BCUT2D eigenvalue weighted by molar-refractivity contribution is 6.13. The smallest absolute Gasteiger partial charge is 0.102 e. The Hall–Kier alpha value is -6.80. The first-order chi connectivity index (χ1) is 24.6. The first-order valence-electron chi connectivity index (χ1n) is 16.8. The molecule has 0 amide bonds. The van der Waals surface area contributed by atoms with E-state index in [9.17, 15) is 10.5 Å². The molecular formula is C46H32N4. The Morgan fingerprint density at radius 2 is 1.38 bits per heavy atom. The summed E-state index contributed by atoms with van der Waals surface area (Å²) in [7, 11) is 0. The van der Waals surface area contributed by atoms with Crippen molar-refractivity contribution in [1.29, 1.82) is 10.5 Å². The lowest BCUT2D eigenvalue weighted by atomic mass is 9.88. The van der Waals surface area contributed by atoms with E-state index in [1.807, 2.05) is 67.6 Å². The van der Waals surface area contributed by atoms with Crippen molar-refractivity contribution in [3.05, 3.63) is 161 Å². The number of nitriles is 2. The van der Waals surface area contributed by atoms with Crippen LogP contribution in [-0.4, -0.2) is 9.13 Å². The number of allylic oxidation sites excluding steroid dienone is 5. The van der Waals surface area contributed by atoms with E-state index < -0.39 is 0 Å². The summed E-state index contributed by atoms with van der Waals surface area (Å²) in [4.78, 5) is 0. The van der Waals surface area contributed by atoms with Gasteiger partial charge in [-0.05, 0) is 84.5 Å². The van der Waals surface area contributed by atoms with Gasteiger partial charge in [0.2, 0.25) is 0 Å². The van der Waals surface area contributed by atoms with Gasteiger partial charge in [-0.3, -0.25) is 0 Å². The van der Waals surface area contributed by atoms with Crippen LogP contribution in [-0.2, 0) is 6.42 Å². The Kier molecular flexibility index (Phi) is 7.53. The molecule has 0 radical (unpaired) electrons. The molecule has 0 saturated heterocycles. The van der Waals surface area contributed by atoms with Gasteiger partial charge in [-0.15, -0.1) is 6.42 Å². The van der Waals surface area contributed by atoms with Gasteiger partial charge in [0, 0.05) is 33.0 Å². The number of terminal acetylenes is 1. The minimum atomic E-state index is 0.464. The predicted octanol–water partition coefficient (Wildman–Crippen LogP) is 10.8. The van der Waals surface area contributed by atoms with E-state index in [0.717, 1.165) is 67.4 Å². The molecule has 1 aliphatic carbocycles. The van der Waals surface area contributed by atoms with E-state index in [2.05, 4.69) is 101 Å². The molecular weight excluding hydrogens is 609 g/mol. The number of para-hydroxylation sites is 3. The SMILES string of the molecule is C#C/C=C(\C(=C/C)c1ccccc1-n1c2c(c3ccccc31)CC(C)C=C2)c1cccc(-n2c3ccccc3c3c(C#N)cccc32)c1C#N. The summed E-state index contributed by atoms with van der Waals surface area (Å²) in [6, 6.07) is 41.7. The van der Waals surface area contributed by atoms with Crippen LogP contribution in [0.4, 0.5) is 0 Å². The number of aromatic nitrogens is 2. The molecule has 8 rings (SSSR count). The molecule has 0 spiro atoms. The maximum absolute atomic E-state index is 10.9. The molecule has 0 fully saturated rings. The minimum Gasteiger partial charge on any atom is -0.309 e. The fraction of sp³-hybridized carbons (Fsp3) is 0.0870. The number of nitrogens with zero attached hydrogens (tertiary/aromatic N) is 4. The van der Waals surface area contributed by atoms with Gasteiger partial charge in [0.25, 0.3) is 0 Å². The minimum absolute atomic E-state index is 0.464. The van der Waals surface area contributed by atoms with Crippen LogP contribution in [0.15, 0.2) is 127 Å². The molecule has 7 aromatic rings.